The summed E-state index contributed by atoms with van der Waals surface area (Å²) in [6.45, 7) is 5.40. The standard InChI is InChI=1S/C9H14N2O2S/c1-5-6(2)8(14(4,12)13)9(10)11-7(5)3/h1-4H3,(H2,10,11). The SMILES string of the molecule is Cc1nc(N)c(S(C)(=O)=O)c(C)c1C. The van der Waals surface area contributed by atoms with E-state index in [0.717, 1.165) is 17.5 Å². The van der Waals surface area contributed by atoms with E-state index in [4.69, 9.17) is 5.73 Å². The largest absolute Gasteiger partial charge is 0.383 e. The molecule has 0 aliphatic heterocycles. The minimum atomic E-state index is -3.29. The number of hydrogen-bond acceptors (Lipinski definition) is 4. The second-order valence-electron chi connectivity index (χ2n) is 3.43. The number of aromatic nitrogens is 1. The molecule has 1 rings (SSSR count). The second kappa shape index (κ2) is 3.24. The number of rotatable bonds is 1. The van der Waals surface area contributed by atoms with E-state index in [9.17, 15) is 8.42 Å². The Bertz CT molecular complexity index is 478. The topological polar surface area (TPSA) is 73.0 Å². The molecule has 14 heavy (non-hydrogen) atoms. The normalized spacial score (nSPS) is 11.7. The molecule has 1 aromatic heterocycles. The minimum Gasteiger partial charge on any atom is -0.383 e. The molecule has 0 amide bonds. The summed E-state index contributed by atoms with van der Waals surface area (Å²) in [5, 5.41) is 0. The molecule has 0 fully saturated rings. The number of hydrogen-bond donors (Lipinski definition) is 1. The zero-order valence-electron chi connectivity index (χ0n) is 8.75. The maximum atomic E-state index is 11.4. The average molecular weight is 214 g/mol. The number of sulfone groups is 1. The predicted molar refractivity (Wildman–Crippen MR) is 56.0 cm³/mol. The van der Waals surface area contributed by atoms with Crippen LogP contribution in [-0.4, -0.2) is 19.7 Å². The van der Waals surface area contributed by atoms with Gasteiger partial charge in [-0.25, -0.2) is 13.4 Å². The lowest BCUT2D eigenvalue weighted by Gasteiger charge is -2.11. The van der Waals surface area contributed by atoms with Crippen molar-refractivity contribution in [1.82, 2.24) is 4.98 Å². The van der Waals surface area contributed by atoms with Gasteiger partial charge in [0.1, 0.15) is 10.7 Å². The van der Waals surface area contributed by atoms with Crippen molar-refractivity contribution in [3.05, 3.63) is 16.8 Å². The Kier molecular flexibility index (Phi) is 2.54. The Hall–Kier alpha value is -1.10. The molecule has 4 nitrogen and oxygen atoms in total. The fourth-order valence-electron chi connectivity index (χ4n) is 1.42. The maximum Gasteiger partial charge on any atom is 0.179 e. The van der Waals surface area contributed by atoms with E-state index in [1.165, 1.54) is 0 Å². The van der Waals surface area contributed by atoms with Crippen LogP contribution in [0.2, 0.25) is 0 Å². The van der Waals surface area contributed by atoms with Gasteiger partial charge in [0.15, 0.2) is 9.84 Å². The summed E-state index contributed by atoms with van der Waals surface area (Å²) in [6, 6.07) is 0. The van der Waals surface area contributed by atoms with E-state index in [-0.39, 0.29) is 10.7 Å². The van der Waals surface area contributed by atoms with Gasteiger partial charge in [-0.2, -0.15) is 0 Å². The molecule has 0 spiro atoms. The van der Waals surface area contributed by atoms with Gasteiger partial charge in [0, 0.05) is 11.9 Å². The van der Waals surface area contributed by atoms with Gasteiger partial charge in [-0.1, -0.05) is 0 Å². The highest BCUT2D eigenvalue weighted by Gasteiger charge is 2.18. The van der Waals surface area contributed by atoms with Crippen molar-refractivity contribution in [1.29, 1.82) is 0 Å². The quantitative estimate of drug-likeness (QED) is 0.756. The molecule has 0 bridgehead atoms. The molecule has 1 heterocycles. The van der Waals surface area contributed by atoms with E-state index >= 15 is 0 Å². The Balaban J connectivity index is 3.70. The summed E-state index contributed by atoms with van der Waals surface area (Å²) in [7, 11) is -3.29. The van der Waals surface area contributed by atoms with Gasteiger partial charge in [-0.3, -0.25) is 0 Å². The van der Waals surface area contributed by atoms with E-state index in [2.05, 4.69) is 4.98 Å². The number of aryl methyl sites for hydroxylation is 1. The van der Waals surface area contributed by atoms with Crippen LogP contribution in [0.5, 0.6) is 0 Å². The Morgan fingerprint density at radius 3 is 2.07 bits per heavy atom. The highest BCUT2D eigenvalue weighted by Crippen LogP contribution is 2.24. The molecule has 5 heteroatoms. The lowest BCUT2D eigenvalue weighted by atomic mass is 10.1. The molecule has 0 aliphatic carbocycles. The molecule has 0 radical (unpaired) electrons. The first kappa shape index (κ1) is 11.0. The van der Waals surface area contributed by atoms with Crippen LogP contribution in [0.15, 0.2) is 4.90 Å². The van der Waals surface area contributed by atoms with E-state index < -0.39 is 9.84 Å². The molecule has 1 aromatic rings. The van der Waals surface area contributed by atoms with E-state index in [1.807, 2.05) is 13.8 Å². The van der Waals surface area contributed by atoms with Crippen molar-refractivity contribution in [3.8, 4) is 0 Å². The van der Waals surface area contributed by atoms with Crippen LogP contribution in [-0.2, 0) is 9.84 Å². The average Bonchev–Trinajstić information content (AvgIpc) is 1.97. The summed E-state index contributed by atoms with van der Waals surface area (Å²) >= 11 is 0. The lowest BCUT2D eigenvalue weighted by molar-refractivity contribution is 0.601. The van der Waals surface area contributed by atoms with Crippen molar-refractivity contribution < 1.29 is 8.42 Å². The first-order valence-corrected chi connectivity index (χ1v) is 6.07. The fourth-order valence-corrected chi connectivity index (χ4v) is 2.55. The number of nitrogens with two attached hydrogens (primary N) is 1. The maximum absolute atomic E-state index is 11.4. The summed E-state index contributed by atoms with van der Waals surface area (Å²) in [5.74, 6) is 0.0908. The monoisotopic (exact) mass is 214 g/mol. The van der Waals surface area contributed by atoms with Gasteiger partial charge in [0.25, 0.3) is 0 Å². The van der Waals surface area contributed by atoms with Crippen molar-refractivity contribution in [2.24, 2.45) is 0 Å². The third-order valence-electron chi connectivity index (χ3n) is 2.34. The summed E-state index contributed by atoms with van der Waals surface area (Å²) < 4.78 is 22.8. The number of nitrogen functional groups attached to an aromatic ring is 1. The summed E-state index contributed by atoms with van der Waals surface area (Å²) in [5.41, 5.74) is 7.92. The van der Waals surface area contributed by atoms with Gasteiger partial charge in [0.2, 0.25) is 0 Å². The van der Waals surface area contributed by atoms with Crippen molar-refractivity contribution in [2.75, 3.05) is 12.0 Å². The fraction of sp³-hybridized carbons (Fsp3) is 0.444. The Labute approximate surface area is 84.1 Å². The van der Waals surface area contributed by atoms with Crippen LogP contribution in [0.4, 0.5) is 5.82 Å². The number of pyridine rings is 1. The van der Waals surface area contributed by atoms with Gasteiger partial charge in [-0.05, 0) is 31.9 Å². The van der Waals surface area contributed by atoms with Crippen LogP contribution in [0.1, 0.15) is 16.8 Å². The van der Waals surface area contributed by atoms with Crippen LogP contribution < -0.4 is 5.73 Å². The molecular formula is C9H14N2O2S. The smallest absolute Gasteiger partial charge is 0.179 e. The molecule has 0 aliphatic rings. The van der Waals surface area contributed by atoms with Gasteiger partial charge in [-0.15, -0.1) is 0 Å². The van der Waals surface area contributed by atoms with E-state index in [0.29, 0.717) is 5.56 Å². The molecular weight excluding hydrogens is 200 g/mol. The van der Waals surface area contributed by atoms with Crippen LogP contribution in [0.25, 0.3) is 0 Å². The molecule has 0 unspecified atom stereocenters. The molecule has 0 atom stereocenters. The zero-order valence-corrected chi connectivity index (χ0v) is 9.57. The first-order chi connectivity index (χ1) is 6.25. The van der Waals surface area contributed by atoms with Gasteiger partial charge >= 0.3 is 0 Å². The third-order valence-corrected chi connectivity index (χ3v) is 3.59. The van der Waals surface area contributed by atoms with Crippen molar-refractivity contribution >= 4 is 15.7 Å². The summed E-state index contributed by atoms with van der Waals surface area (Å²) in [6.07, 6.45) is 1.14. The molecule has 78 valence electrons. The van der Waals surface area contributed by atoms with Crippen LogP contribution in [0, 0.1) is 20.8 Å². The minimum absolute atomic E-state index is 0.0908. The van der Waals surface area contributed by atoms with Crippen LogP contribution in [0.3, 0.4) is 0 Å². The van der Waals surface area contributed by atoms with Crippen molar-refractivity contribution in [2.45, 2.75) is 25.7 Å². The highest BCUT2D eigenvalue weighted by molar-refractivity contribution is 7.91. The molecule has 0 saturated heterocycles. The van der Waals surface area contributed by atoms with Gasteiger partial charge in [0.05, 0.1) is 0 Å². The Morgan fingerprint density at radius 1 is 1.14 bits per heavy atom. The Morgan fingerprint density at radius 2 is 1.64 bits per heavy atom. The second-order valence-corrected chi connectivity index (χ2v) is 5.39. The molecule has 0 aromatic carbocycles. The van der Waals surface area contributed by atoms with Crippen molar-refractivity contribution in [3.63, 3.8) is 0 Å². The highest BCUT2D eigenvalue weighted by atomic mass is 32.2. The van der Waals surface area contributed by atoms with E-state index in [1.54, 1.807) is 6.92 Å². The molecule has 0 saturated carbocycles. The van der Waals surface area contributed by atoms with Crippen LogP contribution >= 0.6 is 0 Å². The molecule has 2 N–H and O–H groups in total. The number of anilines is 1. The first-order valence-electron chi connectivity index (χ1n) is 4.18. The predicted octanol–water partition coefficient (Wildman–Crippen LogP) is 0.993. The summed E-state index contributed by atoms with van der Waals surface area (Å²) in [4.78, 5) is 4.15. The lowest BCUT2D eigenvalue weighted by Crippen LogP contribution is -2.09. The third kappa shape index (κ3) is 1.72. The zero-order chi connectivity index (χ0) is 11.1. The van der Waals surface area contributed by atoms with Gasteiger partial charge < -0.3 is 5.73 Å². The number of nitrogens with zero attached hydrogens (tertiary/aromatic N) is 1.